The molecule has 0 saturated carbocycles. The van der Waals surface area contributed by atoms with E-state index in [1.54, 1.807) is 6.92 Å². The Morgan fingerprint density at radius 2 is 1.46 bits per heavy atom. The van der Waals surface area contributed by atoms with Crippen molar-refractivity contribution in [3.05, 3.63) is 29.8 Å². The maximum absolute atomic E-state index is 14.1. The third kappa shape index (κ3) is 13.1. The number of aromatic nitrogens is 1. The van der Waals surface area contributed by atoms with Crippen molar-refractivity contribution in [2.24, 2.45) is 5.73 Å². The maximum Gasteiger partial charge on any atom is 0.246 e. The average molecular weight is 845 g/mol. The molecule has 0 radical (unpaired) electrons. The molecule has 2 fully saturated rings. The van der Waals surface area contributed by atoms with Crippen molar-refractivity contribution in [3.63, 3.8) is 0 Å². The van der Waals surface area contributed by atoms with Crippen LogP contribution in [0.2, 0.25) is 0 Å². The Morgan fingerprint density at radius 1 is 0.831 bits per heavy atom. The van der Waals surface area contributed by atoms with Crippen LogP contribution in [-0.2, 0) is 43.2 Å². The molecule has 59 heavy (non-hydrogen) atoms. The summed E-state index contributed by atoms with van der Waals surface area (Å²) in [5, 5.41) is 38.3. The van der Waals surface area contributed by atoms with Gasteiger partial charge in [-0.25, -0.2) is 0 Å². The molecule has 2 aromatic rings. The lowest BCUT2D eigenvalue weighted by Gasteiger charge is -2.30. The van der Waals surface area contributed by atoms with Crippen molar-refractivity contribution >= 4 is 75.8 Å². The highest BCUT2D eigenvalue weighted by molar-refractivity contribution is 7.99. The Morgan fingerprint density at radius 3 is 2.12 bits per heavy atom. The highest BCUT2D eigenvalue weighted by Crippen LogP contribution is 2.29. The number of aliphatic hydroxyl groups excluding tert-OH is 2. The summed E-state index contributed by atoms with van der Waals surface area (Å²) in [6.07, 6.45) is -1.60. The van der Waals surface area contributed by atoms with Crippen LogP contribution in [0, 0.1) is 6.92 Å². The predicted octanol–water partition coefficient (Wildman–Crippen LogP) is -3.72. The molecule has 2 aliphatic heterocycles. The smallest absolute Gasteiger partial charge is 0.246 e. The highest BCUT2D eigenvalue weighted by Gasteiger charge is 2.40. The van der Waals surface area contributed by atoms with Crippen molar-refractivity contribution in [3.8, 4) is 0 Å². The van der Waals surface area contributed by atoms with Crippen LogP contribution in [-0.4, -0.2) is 148 Å². The number of rotatable bonds is 10. The zero-order chi connectivity index (χ0) is 43.2. The van der Waals surface area contributed by atoms with Gasteiger partial charge in [-0.05, 0) is 37.8 Å². The number of carbonyl (C=O) groups is 9. The van der Waals surface area contributed by atoms with E-state index in [-0.39, 0.29) is 25.1 Å². The summed E-state index contributed by atoms with van der Waals surface area (Å²) < 4.78 is 0. The van der Waals surface area contributed by atoms with Crippen LogP contribution in [0.25, 0.3) is 10.9 Å². The first-order valence-corrected chi connectivity index (χ1v) is 20.2. The van der Waals surface area contributed by atoms with Gasteiger partial charge >= 0.3 is 0 Å². The van der Waals surface area contributed by atoms with Crippen LogP contribution in [0.3, 0.4) is 0 Å². The summed E-state index contributed by atoms with van der Waals surface area (Å²) in [6, 6.07) is 0.747. The molecule has 2 aliphatic rings. The summed E-state index contributed by atoms with van der Waals surface area (Å²) in [6.45, 7) is 1.02. The number of amides is 9. The molecule has 12 N–H and O–H groups in total. The largest absolute Gasteiger partial charge is 0.394 e. The Balaban J connectivity index is 1.65. The van der Waals surface area contributed by atoms with E-state index in [0.717, 1.165) is 21.4 Å². The number of nitrogens with one attached hydrogen (secondary N) is 8. The van der Waals surface area contributed by atoms with Crippen LogP contribution in [0.5, 0.6) is 0 Å². The number of benzene rings is 1. The SMILES string of the molecule is CCCC1NC(=O)CNC(=O)CNC(=O)C(CC(O)CO)NC(=O)C2CCCN2C(=O)C(CC(N)=O)NC(=O)[C@H](CSc2[nH]c3ccccc3c2C)NC(=O)CNC1=O. The molecule has 6 atom stereocenters. The van der Waals surface area contributed by atoms with Crippen molar-refractivity contribution in [2.45, 2.75) is 93.7 Å². The van der Waals surface area contributed by atoms with E-state index in [1.165, 1.54) is 11.8 Å². The van der Waals surface area contributed by atoms with Crippen molar-refractivity contribution < 1.29 is 53.4 Å². The van der Waals surface area contributed by atoms with Crippen molar-refractivity contribution in [2.75, 3.05) is 38.5 Å². The van der Waals surface area contributed by atoms with Gasteiger partial charge in [0.15, 0.2) is 0 Å². The number of aryl methyl sites for hydroxylation is 1. The van der Waals surface area contributed by atoms with Gasteiger partial charge in [-0.3, -0.25) is 43.2 Å². The van der Waals surface area contributed by atoms with Crippen LogP contribution < -0.4 is 43.0 Å². The van der Waals surface area contributed by atoms with Gasteiger partial charge in [0, 0.05) is 29.6 Å². The van der Waals surface area contributed by atoms with Gasteiger partial charge in [0.2, 0.25) is 53.2 Å². The molecule has 21 nitrogen and oxygen atoms in total. The average Bonchev–Trinajstić information content (AvgIpc) is 3.83. The second kappa shape index (κ2) is 21.9. The van der Waals surface area contributed by atoms with Crippen LogP contribution in [0.15, 0.2) is 29.3 Å². The number of H-pyrrole nitrogens is 1. The molecule has 22 heteroatoms. The lowest BCUT2D eigenvalue weighted by Crippen LogP contribution is -2.59. The number of fused-ring (bicyclic) bond motifs is 2. The molecule has 0 bridgehead atoms. The molecule has 5 unspecified atom stereocenters. The first-order chi connectivity index (χ1) is 28.1. The van der Waals surface area contributed by atoms with E-state index in [4.69, 9.17) is 5.73 Å². The van der Waals surface area contributed by atoms with Gasteiger partial charge in [-0.15, -0.1) is 11.8 Å². The summed E-state index contributed by atoms with van der Waals surface area (Å²) in [5.74, 6) is -7.63. The summed E-state index contributed by atoms with van der Waals surface area (Å²) in [7, 11) is 0. The molecule has 0 spiro atoms. The van der Waals surface area contributed by atoms with Gasteiger partial charge < -0.3 is 63.0 Å². The van der Waals surface area contributed by atoms with E-state index in [9.17, 15) is 53.4 Å². The molecule has 1 aromatic carbocycles. The number of hydrogen-bond acceptors (Lipinski definition) is 12. The number of thioether (sulfide) groups is 1. The summed E-state index contributed by atoms with van der Waals surface area (Å²) >= 11 is 1.20. The summed E-state index contributed by atoms with van der Waals surface area (Å²) in [5.41, 5.74) is 7.21. The van der Waals surface area contributed by atoms with Crippen LogP contribution >= 0.6 is 11.8 Å². The van der Waals surface area contributed by atoms with Crippen molar-refractivity contribution in [1.29, 1.82) is 0 Å². The molecule has 322 valence electrons. The summed E-state index contributed by atoms with van der Waals surface area (Å²) in [4.78, 5) is 123. The minimum absolute atomic E-state index is 0.0142. The lowest BCUT2D eigenvalue weighted by molar-refractivity contribution is -0.143. The fourth-order valence-corrected chi connectivity index (χ4v) is 7.72. The molecule has 4 rings (SSSR count). The third-order valence-electron chi connectivity index (χ3n) is 9.70. The molecule has 2 saturated heterocycles. The number of primary amides is 1. The van der Waals surface area contributed by atoms with Gasteiger partial charge in [0.05, 0.1) is 43.8 Å². The minimum atomic E-state index is -1.59. The third-order valence-corrected chi connectivity index (χ3v) is 10.9. The lowest BCUT2D eigenvalue weighted by atomic mass is 10.1. The monoisotopic (exact) mass is 844 g/mol. The number of para-hydroxylation sites is 1. The normalized spacial score (nSPS) is 24.1. The molecule has 1 aromatic heterocycles. The van der Waals surface area contributed by atoms with Gasteiger partial charge in [-0.1, -0.05) is 31.5 Å². The van der Waals surface area contributed by atoms with Gasteiger partial charge in [-0.2, -0.15) is 0 Å². The Labute approximate surface area is 343 Å². The topological polar surface area (TPSA) is 323 Å². The van der Waals surface area contributed by atoms with E-state index in [2.05, 4.69) is 42.2 Å². The zero-order valence-electron chi connectivity index (χ0n) is 32.8. The Kier molecular flexibility index (Phi) is 17.0. The van der Waals surface area contributed by atoms with E-state index >= 15 is 0 Å². The molecular formula is C37H52N10O11S. The fourth-order valence-electron chi connectivity index (χ4n) is 6.65. The zero-order valence-corrected chi connectivity index (χ0v) is 33.6. The van der Waals surface area contributed by atoms with Gasteiger partial charge in [0.25, 0.3) is 0 Å². The predicted molar refractivity (Wildman–Crippen MR) is 212 cm³/mol. The molecule has 0 aliphatic carbocycles. The molecule has 3 heterocycles. The number of nitrogens with two attached hydrogens (primary N) is 1. The number of aromatic amines is 1. The quantitative estimate of drug-likeness (QED) is 0.103. The second-order valence-corrected chi connectivity index (χ2v) is 15.3. The number of hydrogen-bond donors (Lipinski definition) is 11. The van der Waals surface area contributed by atoms with E-state index in [0.29, 0.717) is 17.9 Å². The second-order valence-electron chi connectivity index (χ2n) is 14.2. The standard InChI is InChI=1S/C37H52N10O11S/c1-3-7-23-32(54)41-16-31(53)43-26(18-59-36-19(2)21-8-4-5-9-22(21)46-36)34(56)45-25(13-28(38)50)37(58)47-11-6-10-27(47)35(57)44-24(12-20(49)17-48)33(55)40-14-29(51)39-15-30(52)42-23/h4-5,8-9,20,23-27,46,48-49H,3,6-7,10-18H2,1-2H3,(H2,38,50)(H,39,51)(H,40,55)(H,41,54)(H,42,52)(H,43,53)(H,44,57)(H,45,56)/t20?,23?,24?,25?,26-,27?/m0/s1. The van der Waals surface area contributed by atoms with Crippen LogP contribution in [0.4, 0.5) is 0 Å². The van der Waals surface area contributed by atoms with E-state index in [1.807, 2.05) is 31.2 Å². The first kappa shape index (κ1) is 46.0. The number of carbonyl (C=O) groups excluding carboxylic acids is 9. The fraction of sp³-hybridized carbons (Fsp3) is 0.541. The number of aliphatic hydroxyl groups is 2. The Bertz CT molecular complexity index is 1910. The first-order valence-electron chi connectivity index (χ1n) is 19.2. The Hall–Kier alpha value is -5.74. The minimum Gasteiger partial charge on any atom is -0.394 e. The maximum atomic E-state index is 14.1. The highest BCUT2D eigenvalue weighted by atomic mass is 32.2. The van der Waals surface area contributed by atoms with Gasteiger partial charge in [0.1, 0.15) is 30.2 Å². The van der Waals surface area contributed by atoms with Crippen molar-refractivity contribution in [1.82, 2.24) is 47.1 Å². The van der Waals surface area contributed by atoms with E-state index < -0.39 is 129 Å². The number of nitrogens with zero attached hydrogens (tertiary/aromatic N) is 1. The molecular weight excluding hydrogens is 793 g/mol. The van der Waals surface area contributed by atoms with Crippen LogP contribution in [0.1, 0.15) is 51.0 Å². The molecule has 9 amide bonds.